The minimum atomic E-state index is -0.736. The molecule has 0 amide bonds. The van der Waals surface area contributed by atoms with Gasteiger partial charge in [0, 0.05) is 18.0 Å². The number of aliphatic hydroxyl groups excluding tert-OH is 1. The topological polar surface area (TPSA) is 56.7 Å². The molecule has 4 nitrogen and oxygen atoms in total. The molecule has 2 aromatic carbocycles. The monoisotopic (exact) mass is 375 g/mol. The quantitative estimate of drug-likeness (QED) is 0.393. The highest BCUT2D eigenvalue weighted by Crippen LogP contribution is 2.22. The smallest absolute Gasteiger partial charge is 0.191 e. The van der Waals surface area contributed by atoms with Gasteiger partial charge in [-0.1, -0.05) is 24.3 Å². The summed E-state index contributed by atoms with van der Waals surface area (Å²) in [5.41, 5.74) is 3.06. The third kappa shape index (κ3) is 6.04. The van der Waals surface area contributed by atoms with Gasteiger partial charge in [-0.3, -0.25) is 0 Å². The predicted octanol–water partition coefficient (Wildman–Crippen LogP) is 3.64. The van der Waals surface area contributed by atoms with E-state index in [1.165, 1.54) is 28.2 Å². The lowest BCUT2D eigenvalue weighted by Crippen LogP contribution is -2.39. The number of benzene rings is 2. The molecule has 0 saturated carbocycles. The van der Waals surface area contributed by atoms with Gasteiger partial charge in [0.15, 0.2) is 5.96 Å². The SMILES string of the molecule is CCNC(=NCc1ccc(C)cc1SC)NCC(O)c1ccc(F)cc1. The second kappa shape index (κ2) is 10.2. The van der Waals surface area contributed by atoms with Gasteiger partial charge < -0.3 is 15.7 Å². The lowest BCUT2D eigenvalue weighted by molar-refractivity contribution is 0.180. The van der Waals surface area contributed by atoms with Crippen molar-refractivity contribution in [1.29, 1.82) is 0 Å². The number of guanidine groups is 1. The van der Waals surface area contributed by atoms with E-state index >= 15 is 0 Å². The van der Waals surface area contributed by atoms with Crippen molar-refractivity contribution in [3.63, 3.8) is 0 Å². The Labute approximate surface area is 158 Å². The first-order valence-corrected chi connectivity index (χ1v) is 9.85. The minimum absolute atomic E-state index is 0.292. The van der Waals surface area contributed by atoms with Crippen LogP contribution in [0.25, 0.3) is 0 Å². The standard InChI is InChI=1S/C20H26FN3OS/c1-4-22-20(23-12-16-6-5-14(2)11-19(16)26-3)24-13-18(25)15-7-9-17(21)10-8-15/h5-11,18,25H,4,12-13H2,1-3H3,(H2,22,23,24). The molecule has 0 spiro atoms. The summed E-state index contributed by atoms with van der Waals surface area (Å²) < 4.78 is 13.0. The molecule has 0 heterocycles. The third-order valence-corrected chi connectivity index (χ3v) is 4.73. The Morgan fingerprint density at radius 3 is 2.58 bits per heavy atom. The molecule has 0 fully saturated rings. The third-order valence-electron chi connectivity index (χ3n) is 3.91. The number of nitrogens with zero attached hydrogens (tertiary/aromatic N) is 1. The van der Waals surface area contributed by atoms with E-state index in [1.54, 1.807) is 23.9 Å². The van der Waals surface area contributed by atoms with Crippen molar-refractivity contribution in [2.75, 3.05) is 19.3 Å². The van der Waals surface area contributed by atoms with Crippen molar-refractivity contribution in [3.05, 3.63) is 65.0 Å². The second-order valence-corrected chi connectivity index (χ2v) is 6.81. The van der Waals surface area contributed by atoms with Gasteiger partial charge in [-0.05, 0) is 55.0 Å². The fourth-order valence-corrected chi connectivity index (χ4v) is 3.18. The average Bonchev–Trinajstić information content (AvgIpc) is 2.65. The van der Waals surface area contributed by atoms with Crippen LogP contribution in [0.4, 0.5) is 4.39 Å². The zero-order chi connectivity index (χ0) is 18.9. The van der Waals surface area contributed by atoms with Gasteiger partial charge in [-0.25, -0.2) is 9.38 Å². The van der Waals surface area contributed by atoms with Gasteiger partial charge in [0.05, 0.1) is 12.6 Å². The zero-order valence-electron chi connectivity index (χ0n) is 15.4. The number of aliphatic hydroxyl groups is 1. The molecular weight excluding hydrogens is 349 g/mol. The van der Waals surface area contributed by atoms with Crippen LogP contribution >= 0.6 is 11.8 Å². The number of aryl methyl sites for hydroxylation is 1. The Balaban J connectivity index is 2.01. The van der Waals surface area contributed by atoms with Crippen molar-refractivity contribution in [2.24, 2.45) is 4.99 Å². The van der Waals surface area contributed by atoms with E-state index in [2.05, 4.69) is 47.0 Å². The average molecular weight is 376 g/mol. The Kier molecular flexibility index (Phi) is 7.94. The lowest BCUT2D eigenvalue weighted by Gasteiger charge is -2.16. The van der Waals surface area contributed by atoms with Crippen LogP contribution in [-0.4, -0.2) is 30.4 Å². The Hall–Kier alpha value is -2.05. The molecule has 0 aromatic heterocycles. The summed E-state index contributed by atoms with van der Waals surface area (Å²) >= 11 is 1.71. The van der Waals surface area contributed by atoms with E-state index in [0.29, 0.717) is 24.6 Å². The van der Waals surface area contributed by atoms with Crippen molar-refractivity contribution in [1.82, 2.24) is 10.6 Å². The van der Waals surface area contributed by atoms with Crippen molar-refractivity contribution in [3.8, 4) is 0 Å². The number of hydrogen-bond acceptors (Lipinski definition) is 3. The fourth-order valence-electron chi connectivity index (χ4n) is 2.48. The number of rotatable bonds is 7. The van der Waals surface area contributed by atoms with Gasteiger partial charge >= 0.3 is 0 Å². The normalized spacial score (nSPS) is 12.7. The molecule has 1 atom stereocenters. The zero-order valence-corrected chi connectivity index (χ0v) is 16.2. The Bertz CT molecular complexity index is 734. The maximum Gasteiger partial charge on any atom is 0.191 e. The fraction of sp³-hybridized carbons (Fsp3) is 0.350. The predicted molar refractivity (Wildman–Crippen MR) is 107 cm³/mol. The van der Waals surface area contributed by atoms with E-state index in [0.717, 1.165) is 6.54 Å². The van der Waals surface area contributed by atoms with Gasteiger partial charge in [0.25, 0.3) is 0 Å². The summed E-state index contributed by atoms with van der Waals surface area (Å²) in [6.07, 6.45) is 1.32. The summed E-state index contributed by atoms with van der Waals surface area (Å²) in [6.45, 7) is 5.64. The van der Waals surface area contributed by atoms with E-state index in [1.807, 2.05) is 6.92 Å². The largest absolute Gasteiger partial charge is 0.387 e. The summed E-state index contributed by atoms with van der Waals surface area (Å²) in [4.78, 5) is 5.83. The van der Waals surface area contributed by atoms with Crippen LogP contribution in [0.5, 0.6) is 0 Å². The minimum Gasteiger partial charge on any atom is -0.387 e. The van der Waals surface area contributed by atoms with Crippen molar-refractivity contribution >= 4 is 17.7 Å². The van der Waals surface area contributed by atoms with Crippen LogP contribution in [-0.2, 0) is 6.54 Å². The van der Waals surface area contributed by atoms with E-state index in [-0.39, 0.29) is 5.82 Å². The summed E-state index contributed by atoms with van der Waals surface area (Å²) in [7, 11) is 0. The van der Waals surface area contributed by atoms with Crippen LogP contribution in [0, 0.1) is 12.7 Å². The second-order valence-electron chi connectivity index (χ2n) is 5.96. The number of aliphatic imine (C=N–C) groups is 1. The molecule has 0 saturated heterocycles. The molecule has 2 rings (SSSR count). The van der Waals surface area contributed by atoms with Crippen LogP contribution in [0.15, 0.2) is 52.4 Å². The van der Waals surface area contributed by atoms with Gasteiger partial charge in [0.1, 0.15) is 5.82 Å². The number of nitrogens with one attached hydrogen (secondary N) is 2. The molecule has 3 N–H and O–H groups in total. The van der Waals surface area contributed by atoms with Gasteiger partial charge in [0.2, 0.25) is 0 Å². The summed E-state index contributed by atoms with van der Waals surface area (Å²) in [6, 6.07) is 12.2. The first kappa shape index (κ1) is 20.3. The first-order chi connectivity index (χ1) is 12.5. The highest BCUT2D eigenvalue weighted by atomic mass is 32.2. The summed E-state index contributed by atoms with van der Waals surface area (Å²) in [5, 5.41) is 16.6. The lowest BCUT2D eigenvalue weighted by atomic mass is 10.1. The maximum atomic E-state index is 13.0. The van der Waals surface area contributed by atoms with Crippen molar-refractivity contribution < 1.29 is 9.50 Å². The molecule has 6 heteroatoms. The number of thioether (sulfide) groups is 1. The summed E-state index contributed by atoms with van der Waals surface area (Å²) in [5.74, 6) is 0.327. The van der Waals surface area contributed by atoms with Gasteiger partial charge in [-0.2, -0.15) is 0 Å². The van der Waals surface area contributed by atoms with E-state index < -0.39 is 6.10 Å². The first-order valence-electron chi connectivity index (χ1n) is 8.62. The molecule has 1 unspecified atom stereocenters. The Morgan fingerprint density at radius 1 is 1.19 bits per heavy atom. The van der Waals surface area contributed by atoms with Gasteiger partial charge in [-0.15, -0.1) is 11.8 Å². The molecule has 0 bridgehead atoms. The highest BCUT2D eigenvalue weighted by Gasteiger charge is 2.09. The molecule has 0 aliphatic carbocycles. The molecule has 26 heavy (non-hydrogen) atoms. The molecule has 2 aromatic rings. The van der Waals surface area contributed by atoms with Crippen molar-refractivity contribution in [2.45, 2.75) is 31.4 Å². The van der Waals surface area contributed by atoms with E-state index in [9.17, 15) is 9.50 Å². The Morgan fingerprint density at radius 2 is 1.92 bits per heavy atom. The number of halogens is 1. The molecule has 140 valence electrons. The van der Waals surface area contributed by atoms with Crippen LogP contribution in [0.1, 0.15) is 29.7 Å². The molecular formula is C20H26FN3OS. The van der Waals surface area contributed by atoms with Crippen LogP contribution in [0.3, 0.4) is 0 Å². The molecule has 0 radical (unpaired) electrons. The van der Waals surface area contributed by atoms with Crippen LogP contribution < -0.4 is 10.6 Å². The highest BCUT2D eigenvalue weighted by molar-refractivity contribution is 7.98. The van der Waals surface area contributed by atoms with Crippen LogP contribution in [0.2, 0.25) is 0 Å². The molecule has 0 aliphatic rings. The number of hydrogen-bond donors (Lipinski definition) is 3. The maximum absolute atomic E-state index is 13.0. The van der Waals surface area contributed by atoms with E-state index in [4.69, 9.17) is 0 Å². The molecule has 0 aliphatic heterocycles.